The van der Waals surface area contributed by atoms with E-state index in [2.05, 4.69) is 46.7 Å². The molecule has 0 saturated heterocycles. The Labute approximate surface area is 185 Å². The summed E-state index contributed by atoms with van der Waals surface area (Å²) in [5.74, 6) is 1.36. The van der Waals surface area contributed by atoms with E-state index in [4.69, 9.17) is 4.74 Å². The number of nitrogens with one attached hydrogen (secondary N) is 1. The van der Waals surface area contributed by atoms with Crippen molar-refractivity contribution in [1.82, 2.24) is 10.2 Å². The average Bonchev–Trinajstić information content (AvgIpc) is 3.22. The van der Waals surface area contributed by atoms with Gasteiger partial charge in [-0.15, -0.1) is 10.2 Å². The number of anilines is 1. The number of amides is 1. The fraction of sp³-hybridized carbons (Fsp3) is 0.261. The maximum absolute atomic E-state index is 12.4. The van der Waals surface area contributed by atoms with Gasteiger partial charge in [-0.2, -0.15) is 0 Å². The molecule has 0 unspecified atom stereocenters. The Hall–Kier alpha value is -2.64. The molecule has 0 radical (unpaired) electrons. The van der Waals surface area contributed by atoms with E-state index in [-0.39, 0.29) is 5.91 Å². The monoisotopic (exact) mass is 439 g/mol. The minimum atomic E-state index is -0.204. The van der Waals surface area contributed by atoms with Gasteiger partial charge in [0.2, 0.25) is 5.13 Å². The molecule has 0 aliphatic rings. The fourth-order valence-corrected chi connectivity index (χ4v) is 4.18. The first kappa shape index (κ1) is 22.1. The summed E-state index contributed by atoms with van der Waals surface area (Å²) in [5.41, 5.74) is 1.73. The Morgan fingerprint density at radius 2 is 1.90 bits per heavy atom. The Bertz CT molecular complexity index is 941. The quantitative estimate of drug-likeness (QED) is 0.220. The van der Waals surface area contributed by atoms with Crippen LogP contribution in [0, 0.1) is 0 Å². The molecular weight excluding hydrogens is 414 g/mol. The normalized spacial score (nSPS) is 11.0. The van der Waals surface area contributed by atoms with Crippen molar-refractivity contribution in [2.75, 3.05) is 17.7 Å². The molecule has 2 aromatic carbocycles. The maximum atomic E-state index is 12.4. The lowest BCUT2D eigenvalue weighted by Gasteiger charge is -2.06. The second-order valence-corrected chi connectivity index (χ2v) is 8.78. The Morgan fingerprint density at radius 3 is 2.67 bits per heavy atom. The van der Waals surface area contributed by atoms with Gasteiger partial charge in [0, 0.05) is 11.3 Å². The van der Waals surface area contributed by atoms with Crippen LogP contribution in [0.2, 0.25) is 0 Å². The second kappa shape index (κ2) is 12.1. The van der Waals surface area contributed by atoms with E-state index in [1.54, 1.807) is 23.9 Å². The number of rotatable bonds is 11. The molecule has 30 heavy (non-hydrogen) atoms. The molecule has 0 aliphatic heterocycles. The minimum absolute atomic E-state index is 0.204. The number of aromatic nitrogens is 2. The van der Waals surface area contributed by atoms with E-state index in [9.17, 15) is 4.79 Å². The molecule has 1 N–H and O–H groups in total. The number of thioether (sulfide) groups is 1. The summed E-state index contributed by atoms with van der Waals surface area (Å²) in [6, 6.07) is 17.3. The zero-order chi connectivity index (χ0) is 21.0. The fourth-order valence-electron chi connectivity index (χ4n) is 2.60. The zero-order valence-corrected chi connectivity index (χ0v) is 18.5. The number of ether oxygens (including phenoxy) is 1. The molecule has 1 heterocycles. The van der Waals surface area contributed by atoms with Crippen molar-refractivity contribution in [1.29, 1.82) is 0 Å². The van der Waals surface area contributed by atoms with Crippen LogP contribution in [-0.4, -0.2) is 28.5 Å². The smallest absolute Gasteiger partial charge is 0.257 e. The van der Waals surface area contributed by atoms with Gasteiger partial charge < -0.3 is 4.74 Å². The van der Waals surface area contributed by atoms with Gasteiger partial charge in [0.1, 0.15) is 5.75 Å². The summed E-state index contributed by atoms with van der Waals surface area (Å²) >= 11 is 2.96. The van der Waals surface area contributed by atoms with Crippen molar-refractivity contribution in [3.63, 3.8) is 0 Å². The standard InChI is InChI=1S/C23H25N3O2S2/c1-2-3-7-16-28-20-14-12-19(13-15-20)21(27)24-22-25-26-23(30-22)29-17-8-11-18-9-5-4-6-10-18/h4-6,8-15H,2-3,7,16-17H2,1H3,(H,24,25,27)/b11-8+. The highest BCUT2D eigenvalue weighted by atomic mass is 32.2. The van der Waals surface area contributed by atoms with Gasteiger partial charge in [-0.1, -0.05) is 85.3 Å². The number of hydrogen-bond donors (Lipinski definition) is 1. The van der Waals surface area contributed by atoms with Crippen LogP contribution >= 0.6 is 23.1 Å². The second-order valence-electron chi connectivity index (χ2n) is 6.53. The molecule has 0 saturated carbocycles. The van der Waals surface area contributed by atoms with Crippen molar-refractivity contribution in [2.45, 2.75) is 30.5 Å². The molecule has 7 heteroatoms. The van der Waals surface area contributed by atoms with Crippen LogP contribution in [0.4, 0.5) is 5.13 Å². The van der Waals surface area contributed by atoms with Crippen LogP contribution < -0.4 is 10.1 Å². The summed E-state index contributed by atoms with van der Waals surface area (Å²) in [4.78, 5) is 12.4. The summed E-state index contributed by atoms with van der Waals surface area (Å²) in [6.07, 6.45) is 7.53. The van der Waals surface area contributed by atoms with Crippen LogP contribution in [0.15, 0.2) is 65.0 Å². The third-order valence-corrected chi connectivity index (χ3v) is 6.10. The third-order valence-electron chi connectivity index (χ3n) is 4.17. The number of nitrogens with zero attached hydrogens (tertiary/aromatic N) is 2. The van der Waals surface area contributed by atoms with Gasteiger partial charge in [-0.25, -0.2) is 0 Å². The van der Waals surface area contributed by atoms with E-state index in [1.165, 1.54) is 23.3 Å². The Balaban J connectivity index is 1.44. The molecule has 0 fully saturated rings. The molecule has 1 amide bonds. The number of carbonyl (C=O) groups excluding carboxylic acids is 1. The average molecular weight is 440 g/mol. The van der Waals surface area contributed by atoms with Crippen LogP contribution in [0.3, 0.4) is 0 Å². The summed E-state index contributed by atoms with van der Waals surface area (Å²) in [7, 11) is 0. The third kappa shape index (κ3) is 7.31. The highest BCUT2D eigenvalue weighted by molar-refractivity contribution is 8.01. The molecule has 3 aromatic rings. The van der Waals surface area contributed by atoms with Gasteiger partial charge in [0.15, 0.2) is 4.34 Å². The van der Waals surface area contributed by atoms with Crippen LogP contribution in [0.5, 0.6) is 5.75 Å². The molecular formula is C23H25N3O2S2. The largest absolute Gasteiger partial charge is 0.494 e. The predicted octanol–water partition coefficient (Wildman–Crippen LogP) is 6.16. The lowest BCUT2D eigenvalue weighted by Crippen LogP contribution is -2.11. The van der Waals surface area contributed by atoms with E-state index in [0.717, 1.165) is 28.7 Å². The number of benzene rings is 2. The van der Waals surface area contributed by atoms with Crippen molar-refractivity contribution >= 4 is 40.2 Å². The van der Waals surface area contributed by atoms with Gasteiger partial charge in [-0.3, -0.25) is 10.1 Å². The molecule has 156 valence electrons. The molecule has 5 nitrogen and oxygen atoms in total. The highest BCUT2D eigenvalue weighted by Crippen LogP contribution is 2.26. The Morgan fingerprint density at radius 1 is 1.10 bits per heavy atom. The van der Waals surface area contributed by atoms with Gasteiger partial charge >= 0.3 is 0 Å². The van der Waals surface area contributed by atoms with Gasteiger partial charge in [0.25, 0.3) is 5.91 Å². The first-order valence-electron chi connectivity index (χ1n) is 9.96. The number of hydrogen-bond acceptors (Lipinski definition) is 6. The van der Waals surface area contributed by atoms with Gasteiger partial charge in [-0.05, 0) is 36.2 Å². The van der Waals surface area contributed by atoms with Crippen molar-refractivity contribution in [2.24, 2.45) is 0 Å². The zero-order valence-electron chi connectivity index (χ0n) is 16.9. The summed E-state index contributed by atoms with van der Waals surface area (Å²) in [6.45, 7) is 2.86. The molecule has 0 aliphatic carbocycles. The van der Waals surface area contributed by atoms with E-state index in [0.29, 0.717) is 17.3 Å². The SMILES string of the molecule is CCCCCOc1ccc(C(=O)Nc2nnc(SC/C=C/c3ccccc3)s2)cc1. The van der Waals surface area contributed by atoms with Crippen LogP contribution in [0.25, 0.3) is 6.08 Å². The van der Waals surface area contributed by atoms with Crippen molar-refractivity contribution < 1.29 is 9.53 Å². The lowest BCUT2D eigenvalue weighted by atomic mass is 10.2. The maximum Gasteiger partial charge on any atom is 0.257 e. The number of unbranched alkanes of at least 4 members (excludes halogenated alkanes) is 2. The lowest BCUT2D eigenvalue weighted by molar-refractivity contribution is 0.102. The van der Waals surface area contributed by atoms with Gasteiger partial charge in [0.05, 0.1) is 6.61 Å². The summed E-state index contributed by atoms with van der Waals surface area (Å²) in [5, 5.41) is 11.5. The molecule has 0 bridgehead atoms. The van der Waals surface area contributed by atoms with Crippen LogP contribution in [0.1, 0.15) is 42.1 Å². The molecule has 0 spiro atoms. The van der Waals surface area contributed by atoms with E-state index < -0.39 is 0 Å². The Kier molecular flexibility index (Phi) is 8.93. The summed E-state index contributed by atoms with van der Waals surface area (Å²) < 4.78 is 6.50. The molecule has 0 atom stereocenters. The molecule has 1 aromatic heterocycles. The van der Waals surface area contributed by atoms with E-state index >= 15 is 0 Å². The first-order chi connectivity index (χ1) is 14.7. The van der Waals surface area contributed by atoms with Crippen LogP contribution in [-0.2, 0) is 0 Å². The molecule has 3 rings (SSSR count). The van der Waals surface area contributed by atoms with Crippen molar-refractivity contribution in [3.8, 4) is 5.75 Å². The van der Waals surface area contributed by atoms with E-state index in [1.807, 2.05) is 30.3 Å². The highest BCUT2D eigenvalue weighted by Gasteiger charge is 2.10. The van der Waals surface area contributed by atoms with Crippen molar-refractivity contribution in [3.05, 3.63) is 71.8 Å². The minimum Gasteiger partial charge on any atom is -0.494 e. The predicted molar refractivity (Wildman–Crippen MR) is 126 cm³/mol. The number of carbonyl (C=O) groups is 1. The first-order valence-corrected chi connectivity index (χ1v) is 11.8. The topological polar surface area (TPSA) is 64.1 Å².